The van der Waals surface area contributed by atoms with Crippen molar-refractivity contribution >= 4 is 5.91 Å². The van der Waals surface area contributed by atoms with E-state index >= 15 is 0 Å². The van der Waals surface area contributed by atoms with Crippen LogP contribution < -0.4 is 5.32 Å². The van der Waals surface area contributed by atoms with Crippen LogP contribution in [0.1, 0.15) is 34.7 Å². The summed E-state index contributed by atoms with van der Waals surface area (Å²) in [6, 6.07) is 10.1. The van der Waals surface area contributed by atoms with E-state index in [-0.39, 0.29) is 11.9 Å². The molecule has 5 nitrogen and oxygen atoms in total. The predicted molar refractivity (Wildman–Crippen MR) is 109 cm³/mol. The second-order valence-corrected chi connectivity index (χ2v) is 7.58. The van der Waals surface area contributed by atoms with Gasteiger partial charge in [0.1, 0.15) is 0 Å². The van der Waals surface area contributed by atoms with Gasteiger partial charge in [0.05, 0.1) is 12.6 Å². The van der Waals surface area contributed by atoms with Gasteiger partial charge >= 0.3 is 0 Å². The molecule has 2 heterocycles. The molecule has 1 saturated heterocycles. The van der Waals surface area contributed by atoms with E-state index < -0.39 is 0 Å². The molecule has 0 spiro atoms. The number of aryl methyl sites for hydroxylation is 2. The van der Waals surface area contributed by atoms with Crippen LogP contribution in [0.15, 0.2) is 42.7 Å². The molecule has 5 heteroatoms. The highest BCUT2D eigenvalue weighted by molar-refractivity contribution is 5.79. The third-order valence-electron chi connectivity index (χ3n) is 5.24. The maximum Gasteiger partial charge on any atom is 0.234 e. The van der Waals surface area contributed by atoms with Gasteiger partial charge in [-0.2, -0.15) is 0 Å². The summed E-state index contributed by atoms with van der Waals surface area (Å²) < 4.78 is 0. The molecule has 1 atom stereocenters. The van der Waals surface area contributed by atoms with Crippen molar-refractivity contribution in [1.82, 2.24) is 20.1 Å². The number of hydrogen-bond acceptors (Lipinski definition) is 4. The quantitative estimate of drug-likeness (QED) is 0.883. The Morgan fingerprint density at radius 3 is 2.78 bits per heavy atom. The minimum atomic E-state index is -0.179. The molecule has 0 saturated carbocycles. The van der Waals surface area contributed by atoms with E-state index in [0.717, 1.165) is 43.7 Å². The monoisotopic (exact) mass is 366 g/mol. The Labute approximate surface area is 162 Å². The van der Waals surface area contributed by atoms with Crippen molar-refractivity contribution in [3.05, 3.63) is 65.0 Å². The van der Waals surface area contributed by atoms with Gasteiger partial charge in [-0.3, -0.25) is 14.7 Å². The largest absolute Gasteiger partial charge is 0.344 e. The minimum absolute atomic E-state index is 0.0633. The molecule has 1 amide bonds. The molecule has 1 aromatic carbocycles. The Bertz CT molecular complexity index is 762. The summed E-state index contributed by atoms with van der Waals surface area (Å²) in [5.74, 6) is 0.0633. The fourth-order valence-electron chi connectivity index (χ4n) is 3.70. The first kappa shape index (κ1) is 19.5. The molecule has 0 radical (unpaired) electrons. The molecule has 0 aliphatic carbocycles. The zero-order valence-corrected chi connectivity index (χ0v) is 16.6. The summed E-state index contributed by atoms with van der Waals surface area (Å²) in [5.41, 5.74) is 4.53. The zero-order valence-electron chi connectivity index (χ0n) is 16.6. The van der Waals surface area contributed by atoms with E-state index in [0.29, 0.717) is 6.54 Å². The van der Waals surface area contributed by atoms with Crippen LogP contribution in [-0.4, -0.2) is 60.5 Å². The number of benzene rings is 1. The molecule has 2 aromatic rings. The Morgan fingerprint density at radius 2 is 2.04 bits per heavy atom. The molecule has 27 heavy (non-hydrogen) atoms. The Morgan fingerprint density at radius 1 is 1.19 bits per heavy atom. The van der Waals surface area contributed by atoms with Gasteiger partial charge in [-0.15, -0.1) is 0 Å². The number of aromatic nitrogens is 1. The zero-order chi connectivity index (χ0) is 19.2. The van der Waals surface area contributed by atoms with E-state index in [1.165, 1.54) is 11.1 Å². The number of nitrogens with one attached hydrogen (secondary N) is 1. The van der Waals surface area contributed by atoms with Crippen LogP contribution in [0.3, 0.4) is 0 Å². The molecule has 1 aliphatic heterocycles. The highest BCUT2D eigenvalue weighted by Crippen LogP contribution is 2.25. The van der Waals surface area contributed by atoms with Crippen LogP contribution in [0.4, 0.5) is 0 Å². The first-order valence-corrected chi connectivity index (χ1v) is 9.70. The summed E-state index contributed by atoms with van der Waals surface area (Å²) in [7, 11) is 2.14. The van der Waals surface area contributed by atoms with E-state index in [1.807, 2.05) is 18.3 Å². The number of carbonyl (C=O) groups excluding carboxylic acids is 1. The van der Waals surface area contributed by atoms with Crippen LogP contribution in [-0.2, 0) is 4.79 Å². The van der Waals surface area contributed by atoms with Gasteiger partial charge in [0.15, 0.2) is 0 Å². The smallest absolute Gasteiger partial charge is 0.234 e. The number of carbonyl (C=O) groups is 1. The van der Waals surface area contributed by atoms with Gasteiger partial charge in [-0.05, 0) is 63.2 Å². The third-order valence-corrected chi connectivity index (χ3v) is 5.24. The number of pyridine rings is 1. The maximum absolute atomic E-state index is 12.9. The predicted octanol–water partition coefficient (Wildman–Crippen LogP) is 2.54. The molecule has 0 bridgehead atoms. The van der Waals surface area contributed by atoms with E-state index in [4.69, 9.17) is 0 Å². The van der Waals surface area contributed by atoms with Gasteiger partial charge in [-0.1, -0.05) is 29.8 Å². The van der Waals surface area contributed by atoms with E-state index in [1.54, 1.807) is 6.20 Å². The fraction of sp³-hybridized carbons (Fsp3) is 0.455. The van der Waals surface area contributed by atoms with Crippen molar-refractivity contribution in [2.45, 2.75) is 26.3 Å². The number of rotatable bonds is 5. The summed E-state index contributed by atoms with van der Waals surface area (Å²) >= 11 is 0. The molecule has 0 unspecified atom stereocenters. The first-order valence-electron chi connectivity index (χ1n) is 9.70. The maximum atomic E-state index is 12.9. The van der Waals surface area contributed by atoms with Crippen LogP contribution in [0, 0.1) is 13.8 Å². The Hall–Kier alpha value is -2.24. The lowest BCUT2D eigenvalue weighted by Gasteiger charge is -2.24. The lowest BCUT2D eigenvalue weighted by atomic mass is 9.94. The Kier molecular flexibility index (Phi) is 6.58. The van der Waals surface area contributed by atoms with Crippen molar-refractivity contribution in [2.24, 2.45) is 0 Å². The summed E-state index contributed by atoms with van der Waals surface area (Å²) in [5, 5.41) is 3.25. The lowest BCUT2D eigenvalue weighted by molar-refractivity contribution is -0.122. The number of nitrogens with zero attached hydrogens (tertiary/aromatic N) is 3. The summed E-state index contributed by atoms with van der Waals surface area (Å²) in [6.45, 7) is 8.64. The molecule has 144 valence electrons. The van der Waals surface area contributed by atoms with Gasteiger partial charge in [0, 0.05) is 25.5 Å². The van der Waals surface area contributed by atoms with Crippen molar-refractivity contribution < 1.29 is 4.79 Å². The lowest BCUT2D eigenvalue weighted by Crippen LogP contribution is -2.40. The average Bonchev–Trinajstić information content (AvgIpc) is 2.85. The van der Waals surface area contributed by atoms with E-state index in [9.17, 15) is 4.79 Å². The topological polar surface area (TPSA) is 48.5 Å². The fourth-order valence-corrected chi connectivity index (χ4v) is 3.70. The SMILES string of the molecule is Cc1ccc([C@H](NC(=O)CN2CCCN(C)CC2)c2cccnc2)c(C)c1. The molecule has 1 N–H and O–H groups in total. The van der Waals surface area contributed by atoms with Crippen molar-refractivity contribution in [1.29, 1.82) is 0 Å². The third kappa shape index (κ3) is 5.37. The molecule has 1 fully saturated rings. The van der Waals surface area contributed by atoms with Crippen LogP contribution in [0.2, 0.25) is 0 Å². The van der Waals surface area contributed by atoms with Crippen molar-refractivity contribution in [3.63, 3.8) is 0 Å². The average molecular weight is 367 g/mol. The van der Waals surface area contributed by atoms with Crippen LogP contribution in [0.25, 0.3) is 0 Å². The molecular formula is C22H30N4O. The normalized spacial score (nSPS) is 17.3. The highest BCUT2D eigenvalue weighted by atomic mass is 16.2. The van der Waals surface area contributed by atoms with Crippen molar-refractivity contribution in [2.75, 3.05) is 39.8 Å². The number of likely N-dealkylation sites (N-methyl/N-ethyl adjacent to an activating group) is 1. The second-order valence-electron chi connectivity index (χ2n) is 7.58. The van der Waals surface area contributed by atoms with Gasteiger partial charge < -0.3 is 10.2 Å². The Balaban J connectivity index is 1.76. The first-order chi connectivity index (χ1) is 13.0. The second kappa shape index (κ2) is 9.11. The molecule has 1 aromatic heterocycles. The number of amides is 1. The molecule has 3 rings (SSSR count). The summed E-state index contributed by atoms with van der Waals surface area (Å²) in [6.07, 6.45) is 4.70. The van der Waals surface area contributed by atoms with E-state index in [2.05, 4.69) is 59.2 Å². The van der Waals surface area contributed by atoms with Gasteiger partial charge in [0.25, 0.3) is 0 Å². The molecule has 1 aliphatic rings. The summed E-state index contributed by atoms with van der Waals surface area (Å²) in [4.78, 5) is 21.7. The van der Waals surface area contributed by atoms with Crippen LogP contribution >= 0.6 is 0 Å². The highest BCUT2D eigenvalue weighted by Gasteiger charge is 2.21. The van der Waals surface area contributed by atoms with Gasteiger partial charge in [-0.25, -0.2) is 0 Å². The van der Waals surface area contributed by atoms with Gasteiger partial charge in [0.2, 0.25) is 5.91 Å². The van der Waals surface area contributed by atoms with Crippen LogP contribution in [0.5, 0.6) is 0 Å². The minimum Gasteiger partial charge on any atom is -0.344 e. The standard InChI is InChI=1S/C22H30N4O/c1-17-7-8-20(18(2)14-17)22(19-6-4-9-23-15-19)24-21(27)16-26-11-5-10-25(3)12-13-26/h4,6-9,14-15,22H,5,10-13,16H2,1-3H3,(H,24,27)/t22-/m1/s1. The number of hydrogen-bond donors (Lipinski definition) is 1. The van der Waals surface area contributed by atoms with Crippen molar-refractivity contribution in [3.8, 4) is 0 Å². The molecular weight excluding hydrogens is 336 g/mol.